The Labute approximate surface area is 185 Å². The van der Waals surface area contributed by atoms with Crippen molar-refractivity contribution in [3.05, 3.63) is 58.5 Å². The number of ether oxygens (including phenoxy) is 3. The van der Waals surface area contributed by atoms with Crippen LogP contribution in [-0.2, 0) is 20.4 Å². The van der Waals surface area contributed by atoms with Crippen LogP contribution in [0.1, 0.15) is 20.8 Å². The number of fused-ring (bicyclic) bond motifs is 1. The smallest absolute Gasteiger partial charge is 0.416 e. The van der Waals surface area contributed by atoms with E-state index in [1.165, 1.54) is 18.4 Å². The number of aryl methyl sites for hydroxylation is 1. The molecule has 0 aliphatic carbocycles. The summed E-state index contributed by atoms with van der Waals surface area (Å²) in [5.74, 6) is -1.44. The highest BCUT2D eigenvalue weighted by molar-refractivity contribution is 7.21. The SMILES string of the molecule is COCCOc1ccc(C(F)(F)F)cc1NC(=O)COC(=O)c1sc2ccccc2c1C. The number of amides is 1. The molecule has 0 saturated carbocycles. The van der Waals surface area contributed by atoms with Gasteiger partial charge in [-0.15, -0.1) is 11.3 Å². The molecule has 0 atom stereocenters. The van der Waals surface area contributed by atoms with Crippen LogP contribution in [0.4, 0.5) is 18.9 Å². The number of nitrogens with one attached hydrogen (secondary N) is 1. The second-order valence-corrected chi connectivity index (χ2v) is 7.78. The number of anilines is 1. The highest BCUT2D eigenvalue weighted by Crippen LogP contribution is 2.35. The molecule has 0 bridgehead atoms. The molecule has 1 N–H and O–H groups in total. The van der Waals surface area contributed by atoms with Crippen LogP contribution in [0.15, 0.2) is 42.5 Å². The van der Waals surface area contributed by atoms with Crippen molar-refractivity contribution >= 4 is 39.0 Å². The van der Waals surface area contributed by atoms with Gasteiger partial charge in [0.1, 0.15) is 17.2 Å². The molecule has 32 heavy (non-hydrogen) atoms. The number of halogens is 3. The second kappa shape index (κ2) is 10.0. The van der Waals surface area contributed by atoms with E-state index in [1.54, 1.807) is 6.92 Å². The van der Waals surface area contributed by atoms with Gasteiger partial charge in [-0.25, -0.2) is 4.79 Å². The summed E-state index contributed by atoms with van der Waals surface area (Å²) in [6, 6.07) is 10.2. The van der Waals surface area contributed by atoms with E-state index in [-0.39, 0.29) is 24.7 Å². The van der Waals surface area contributed by atoms with Crippen molar-refractivity contribution < 1.29 is 37.0 Å². The van der Waals surface area contributed by atoms with E-state index in [0.29, 0.717) is 4.88 Å². The number of alkyl halides is 3. The lowest BCUT2D eigenvalue weighted by molar-refractivity contribution is -0.137. The number of methoxy groups -OCH3 is 1. The van der Waals surface area contributed by atoms with E-state index in [1.807, 2.05) is 24.3 Å². The van der Waals surface area contributed by atoms with E-state index >= 15 is 0 Å². The lowest BCUT2D eigenvalue weighted by Crippen LogP contribution is -2.22. The molecule has 170 valence electrons. The first kappa shape index (κ1) is 23.6. The number of carbonyl (C=O) groups excluding carboxylic acids is 2. The standard InChI is InChI=1S/C22H20F3NO5S/c1-13-15-5-3-4-6-18(15)32-20(13)21(28)31-12-19(27)26-16-11-14(22(23,24)25)7-8-17(16)30-10-9-29-2/h3-8,11H,9-10,12H2,1-2H3,(H,26,27). The van der Waals surface area contributed by atoms with Crippen LogP contribution in [0.5, 0.6) is 5.75 Å². The van der Waals surface area contributed by atoms with Crippen molar-refractivity contribution in [2.24, 2.45) is 0 Å². The number of hydrogen-bond acceptors (Lipinski definition) is 6. The zero-order chi connectivity index (χ0) is 23.3. The minimum absolute atomic E-state index is 0.0371. The van der Waals surface area contributed by atoms with Crippen LogP contribution in [0.3, 0.4) is 0 Å². The van der Waals surface area contributed by atoms with Crippen LogP contribution < -0.4 is 10.1 Å². The molecule has 1 aromatic heterocycles. The summed E-state index contributed by atoms with van der Waals surface area (Å²) in [5.41, 5.74) is -0.400. The molecule has 2 aromatic carbocycles. The van der Waals surface area contributed by atoms with Crippen molar-refractivity contribution in [2.75, 3.05) is 32.2 Å². The lowest BCUT2D eigenvalue weighted by atomic mass is 10.1. The third-order valence-electron chi connectivity index (χ3n) is 4.49. The highest BCUT2D eigenvalue weighted by Gasteiger charge is 2.31. The molecule has 0 radical (unpaired) electrons. The van der Waals surface area contributed by atoms with Gasteiger partial charge in [0.15, 0.2) is 6.61 Å². The Morgan fingerprint density at radius 3 is 2.53 bits per heavy atom. The Balaban J connectivity index is 1.70. The van der Waals surface area contributed by atoms with E-state index in [0.717, 1.165) is 33.8 Å². The molecule has 1 amide bonds. The zero-order valence-corrected chi connectivity index (χ0v) is 18.1. The topological polar surface area (TPSA) is 73.9 Å². The molecule has 1 heterocycles. The Morgan fingerprint density at radius 2 is 1.84 bits per heavy atom. The Kier molecular flexibility index (Phi) is 7.37. The van der Waals surface area contributed by atoms with Crippen LogP contribution >= 0.6 is 11.3 Å². The maximum absolute atomic E-state index is 13.1. The van der Waals surface area contributed by atoms with Gasteiger partial charge in [0.25, 0.3) is 5.91 Å². The molecule has 0 aliphatic rings. The summed E-state index contributed by atoms with van der Waals surface area (Å²) in [6.07, 6.45) is -4.60. The molecule has 0 spiro atoms. The molecule has 0 unspecified atom stereocenters. The molecule has 0 fully saturated rings. The van der Waals surface area contributed by atoms with Crippen LogP contribution in [0.2, 0.25) is 0 Å². The van der Waals surface area contributed by atoms with Gasteiger partial charge < -0.3 is 19.5 Å². The van der Waals surface area contributed by atoms with E-state index in [4.69, 9.17) is 14.2 Å². The summed E-state index contributed by atoms with van der Waals surface area (Å²) < 4.78 is 55.4. The number of hydrogen-bond donors (Lipinski definition) is 1. The summed E-state index contributed by atoms with van der Waals surface area (Å²) in [5, 5.41) is 3.23. The fraction of sp³-hybridized carbons (Fsp3) is 0.273. The predicted octanol–water partition coefficient (Wildman–Crippen LogP) is 5.05. The Hall–Kier alpha value is -3.11. The number of carbonyl (C=O) groups is 2. The monoisotopic (exact) mass is 467 g/mol. The van der Waals surface area contributed by atoms with Gasteiger partial charge >= 0.3 is 12.1 Å². The van der Waals surface area contributed by atoms with E-state index in [2.05, 4.69) is 5.32 Å². The summed E-state index contributed by atoms with van der Waals surface area (Å²) in [7, 11) is 1.45. The van der Waals surface area contributed by atoms with Crippen molar-refractivity contribution in [3.63, 3.8) is 0 Å². The lowest BCUT2D eigenvalue weighted by Gasteiger charge is -2.15. The number of esters is 1. The number of benzene rings is 2. The van der Waals surface area contributed by atoms with E-state index < -0.39 is 30.2 Å². The number of thiophene rings is 1. The van der Waals surface area contributed by atoms with Gasteiger partial charge in [0.05, 0.1) is 17.9 Å². The van der Waals surface area contributed by atoms with Crippen LogP contribution in [0.25, 0.3) is 10.1 Å². The predicted molar refractivity (Wildman–Crippen MR) is 114 cm³/mol. The van der Waals surface area contributed by atoms with Gasteiger partial charge in [0.2, 0.25) is 0 Å². The largest absolute Gasteiger partial charge is 0.489 e. The molecule has 6 nitrogen and oxygen atoms in total. The maximum Gasteiger partial charge on any atom is 0.416 e. The normalized spacial score (nSPS) is 11.4. The third-order valence-corrected chi connectivity index (χ3v) is 5.74. The summed E-state index contributed by atoms with van der Waals surface area (Å²) in [4.78, 5) is 25.1. The fourth-order valence-corrected chi connectivity index (χ4v) is 4.02. The van der Waals surface area contributed by atoms with Crippen molar-refractivity contribution in [2.45, 2.75) is 13.1 Å². The van der Waals surface area contributed by atoms with E-state index in [9.17, 15) is 22.8 Å². The van der Waals surface area contributed by atoms with Crippen LogP contribution in [0, 0.1) is 6.92 Å². The third kappa shape index (κ3) is 5.57. The Morgan fingerprint density at radius 1 is 1.09 bits per heavy atom. The molecular formula is C22H20F3NO5S. The molecular weight excluding hydrogens is 447 g/mol. The van der Waals surface area contributed by atoms with Gasteiger partial charge in [-0.3, -0.25) is 4.79 Å². The first-order chi connectivity index (χ1) is 15.2. The zero-order valence-electron chi connectivity index (χ0n) is 17.2. The molecule has 3 rings (SSSR count). The van der Waals surface area contributed by atoms with Crippen molar-refractivity contribution in [1.29, 1.82) is 0 Å². The quantitative estimate of drug-likeness (QED) is 0.371. The van der Waals surface area contributed by atoms with Gasteiger partial charge in [-0.2, -0.15) is 13.2 Å². The highest BCUT2D eigenvalue weighted by atomic mass is 32.1. The molecule has 10 heteroatoms. The van der Waals surface area contributed by atoms with Crippen molar-refractivity contribution in [3.8, 4) is 5.75 Å². The minimum atomic E-state index is -4.60. The molecule has 0 saturated heterocycles. The molecule has 0 aliphatic heterocycles. The van der Waals surface area contributed by atoms with Gasteiger partial charge in [-0.05, 0) is 42.1 Å². The molecule has 3 aromatic rings. The second-order valence-electron chi connectivity index (χ2n) is 6.73. The van der Waals surface area contributed by atoms with Gasteiger partial charge in [-0.1, -0.05) is 18.2 Å². The average molecular weight is 467 g/mol. The Bertz CT molecular complexity index is 1130. The van der Waals surface area contributed by atoms with Crippen molar-refractivity contribution in [1.82, 2.24) is 0 Å². The van der Waals surface area contributed by atoms with Gasteiger partial charge in [0, 0.05) is 11.8 Å². The number of rotatable bonds is 8. The fourth-order valence-electron chi connectivity index (χ4n) is 2.92. The first-order valence-corrected chi connectivity index (χ1v) is 10.3. The summed E-state index contributed by atoms with van der Waals surface area (Å²) >= 11 is 1.24. The summed E-state index contributed by atoms with van der Waals surface area (Å²) in [6.45, 7) is 1.40. The van der Waals surface area contributed by atoms with Crippen LogP contribution in [-0.4, -0.2) is 38.8 Å². The maximum atomic E-state index is 13.1. The average Bonchev–Trinajstić information content (AvgIpc) is 3.09. The first-order valence-electron chi connectivity index (χ1n) is 9.48. The minimum Gasteiger partial charge on any atom is -0.489 e.